The van der Waals surface area contributed by atoms with Crippen LogP contribution in [0.2, 0.25) is 0 Å². The third-order valence-corrected chi connectivity index (χ3v) is 3.29. The van der Waals surface area contributed by atoms with Gasteiger partial charge in [-0.25, -0.2) is 0 Å². The zero-order valence-electron chi connectivity index (χ0n) is 12.1. The molecule has 0 saturated carbocycles. The second kappa shape index (κ2) is 6.24. The van der Waals surface area contributed by atoms with Crippen LogP contribution in [0.15, 0.2) is 42.5 Å². The molecule has 2 aromatic rings. The average Bonchev–Trinajstić information content (AvgIpc) is 2.46. The zero-order valence-corrected chi connectivity index (χ0v) is 12.1. The highest BCUT2D eigenvalue weighted by Gasteiger charge is 2.06. The van der Waals surface area contributed by atoms with E-state index < -0.39 is 0 Å². The van der Waals surface area contributed by atoms with Crippen LogP contribution in [0.5, 0.6) is 5.75 Å². The number of methoxy groups -OCH3 is 1. The second-order valence-corrected chi connectivity index (χ2v) is 4.84. The van der Waals surface area contributed by atoms with E-state index in [1.54, 1.807) is 31.4 Å². The molecule has 0 fully saturated rings. The van der Waals surface area contributed by atoms with Gasteiger partial charge in [0.2, 0.25) is 0 Å². The largest absolute Gasteiger partial charge is 0.497 e. The van der Waals surface area contributed by atoms with Crippen molar-refractivity contribution in [3.63, 3.8) is 0 Å². The molecule has 0 aliphatic carbocycles. The fraction of sp³-hybridized carbons (Fsp3) is 0.235. The summed E-state index contributed by atoms with van der Waals surface area (Å²) in [6, 6.07) is 13.3. The summed E-state index contributed by atoms with van der Waals surface area (Å²) in [5, 5.41) is 2.93. The minimum Gasteiger partial charge on any atom is -0.497 e. The van der Waals surface area contributed by atoms with Gasteiger partial charge in [-0.2, -0.15) is 0 Å². The van der Waals surface area contributed by atoms with E-state index in [4.69, 9.17) is 4.74 Å². The number of ether oxygens (including phenoxy) is 1. The molecule has 3 heteroatoms. The van der Waals surface area contributed by atoms with Crippen LogP contribution in [-0.2, 0) is 6.54 Å². The second-order valence-electron chi connectivity index (χ2n) is 4.84. The van der Waals surface area contributed by atoms with Crippen molar-refractivity contribution in [2.24, 2.45) is 0 Å². The number of aryl methyl sites for hydroxylation is 2. The fourth-order valence-electron chi connectivity index (χ4n) is 2.06. The molecule has 0 saturated heterocycles. The van der Waals surface area contributed by atoms with Crippen molar-refractivity contribution >= 4 is 5.91 Å². The average molecular weight is 269 g/mol. The number of hydrogen-bond acceptors (Lipinski definition) is 2. The zero-order chi connectivity index (χ0) is 14.5. The van der Waals surface area contributed by atoms with Crippen LogP contribution in [0.1, 0.15) is 27.0 Å². The fourth-order valence-corrected chi connectivity index (χ4v) is 2.06. The van der Waals surface area contributed by atoms with Crippen LogP contribution in [-0.4, -0.2) is 13.0 Å². The molecular formula is C17H19NO2. The van der Waals surface area contributed by atoms with E-state index in [1.165, 1.54) is 11.1 Å². The lowest BCUT2D eigenvalue weighted by molar-refractivity contribution is 0.0951. The van der Waals surface area contributed by atoms with Crippen molar-refractivity contribution in [2.45, 2.75) is 20.4 Å². The Labute approximate surface area is 119 Å². The predicted octanol–water partition coefficient (Wildman–Crippen LogP) is 3.24. The van der Waals surface area contributed by atoms with Gasteiger partial charge in [-0.3, -0.25) is 4.79 Å². The molecule has 0 radical (unpaired) electrons. The summed E-state index contributed by atoms with van der Waals surface area (Å²) in [6.45, 7) is 4.66. The Morgan fingerprint density at radius 2 is 1.80 bits per heavy atom. The summed E-state index contributed by atoms with van der Waals surface area (Å²) < 4.78 is 5.07. The minimum absolute atomic E-state index is 0.0763. The van der Waals surface area contributed by atoms with Gasteiger partial charge in [0.15, 0.2) is 0 Å². The van der Waals surface area contributed by atoms with Crippen LogP contribution >= 0.6 is 0 Å². The van der Waals surface area contributed by atoms with Gasteiger partial charge in [0, 0.05) is 12.1 Å². The molecule has 0 atom stereocenters. The molecule has 2 aromatic carbocycles. The summed E-state index contributed by atoms with van der Waals surface area (Å²) in [6.07, 6.45) is 0. The van der Waals surface area contributed by atoms with E-state index in [9.17, 15) is 4.79 Å². The van der Waals surface area contributed by atoms with Crippen LogP contribution < -0.4 is 10.1 Å². The van der Waals surface area contributed by atoms with Crippen LogP contribution in [0.3, 0.4) is 0 Å². The van der Waals surface area contributed by atoms with Gasteiger partial charge in [0.05, 0.1) is 7.11 Å². The summed E-state index contributed by atoms with van der Waals surface area (Å²) in [5.41, 5.74) is 4.20. The number of benzene rings is 2. The number of rotatable bonds is 4. The van der Waals surface area contributed by atoms with Gasteiger partial charge in [0.25, 0.3) is 5.91 Å². The molecule has 0 spiro atoms. The van der Waals surface area contributed by atoms with E-state index in [2.05, 4.69) is 37.4 Å². The Kier molecular flexibility index (Phi) is 4.41. The first-order valence-corrected chi connectivity index (χ1v) is 6.58. The van der Waals surface area contributed by atoms with Gasteiger partial charge in [-0.15, -0.1) is 0 Å². The topological polar surface area (TPSA) is 38.3 Å². The molecule has 2 rings (SSSR count). The molecule has 0 aliphatic heterocycles. The van der Waals surface area contributed by atoms with Gasteiger partial charge in [0.1, 0.15) is 5.75 Å². The first-order chi connectivity index (χ1) is 9.60. The first-order valence-electron chi connectivity index (χ1n) is 6.58. The number of amides is 1. The van der Waals surface area contributed by atoms with Gasteiger partial charge in [-0.1, -0.05) is 23.8 Å². The summed E-state index contributed by atoms with van der Waals surface area (Å²) >= 11 is 0. The number of nitrogens with one attached hydrogen (secondary N) is 1. The molecule has 0 heterocycles. The van der Waals surface area contributed by atoms with Crippen molar-refractivity contribution in [3.8, 4) is 5.75 Å². The number of carbonyl (C=O) groups is 1. The lowest BCUT2D eigenvalue weighted by Gasteiger charge is -2.09. The Balaban J connectivity index is 2.00. The highest BCUT2D eigenvalue weighted by Crippen LogP contribution is 2.13. The summed E-state index contributed by atoms with van der Waals surface area (Å²) in [7, 11) is 1.61. The van der Waals surface area contributed by atoms with Gasteiger partial charge < -0.3 is 10.1 Å². The third kappa shape index (κ3) is 3.38. The molecule has 0 aliphatic rings. The molecule has 20 heavy (non-hydrogen) atoms. The van der Waals surface area contributed by atoms with E-state index in [0.29, 0.717) is 12.1 Å². The quantitative estimate of drug-likeness (QED) is 0.925. The van der Waals surface area contributed by atoms with Crippen LogP contribution in [0, 0.1) is 13.8 Å². The predicted molar refractivity (Wildman–Crippen MR) is 80.1 cm³/mol. The Bertz CT molecular complexity index is 603. The maximum absolute atomic E-state index is 12.0. The maximum atomic E-state index is 12.0. The maximum Gasteiger partial charge on any atom is 0.251 e. The Morgan fingerprint density at radius 3 is 2.40 bits per heavy atom. The molecule has 1 amide bonds. The van der Waals surface area contributed by atoms with Crippen LogP contribution in [0.4, 0.5) is 0 Å². The smallest absolute Gasteiger partial charge is 0.251 e. The Hall–Kier alpha value is -2.29. The molecular weight excluding hydrogens is 250 g/mol. The van der Waals surface area contributed by atoms with Crippen molar-refractivity contribution in [2.75, 3.05) is 7.11 Å². The minimum atomic E-state index is -0.0763. The normalized spacial score (nSPS) is 10.2. The van der Waals surface area contributed by atoms with Crippen molar-refractivity contribution in [1.82, 2.24) is 5.32 Å². The summed E-state index contributed by atoms with van der Waals surface area (Å²) in [5.74, 6) is 0.670. The lowest BCUT2D eigenvalue weighted by atomic mass is 10.1. The monoisotopic (exact) mass is 269 g/mol. The van der Waals surface area contributed by atoms with E-state index in [0.717, 1.165) is 11.3 Å². The molecule has 0 aromatic heterocycles. The van der Waals surface area contributed by atoms with E-state index >= 15 is 0 Å². The molecule has 104 valence electrons. The van der Waals surface area contributed by atoms with Crippen molar-refractivity contribution < 1.29 is 9.53 Å². The highest BCUT2D eigenvalue weighted by molar-refractivity contribution is 5.94. The first kappa shape index (κ1) is 14.1. The number of hydrogen-bond donors (Lipinski definition) is 1. The summed E-state index contributed by atoms with van der Waals surface area (Å²) in [4.78, 5) is 12.0. The van der Waals surface area contributed by atoms with Crippen LogP contribution in [0.25, 0.3) is 0 Å². The van der Waals surface area contributed by atoms with E-state index in [1.807, 2.05) is 0 Å². The highest BCUT2D eigenvalue weighted by atomic mass is 16.5. The van der Waals surface area contributed by atoms with Gasteiger partial charge in [-0.05, 0) is 49.2 Å². The Morgan fingerprint density at radius 1 is 1.10 bits per heavy atom. The molecule has 0 unspecified atom stereocenters. The molecule has 3 nitrogen and oxygen atoms in total. The molecule has 1 N–H and O–H groups in total. The SMILES string of the molecule is COc1ccc(C(=O)NCc2ccc(C)cc2C)cc1. The van der Waals surface area contributed by atoms with Gasteiger partial charge >= 0.3 is 0 Å². The third-order valence-electron chi connectivity index (χ3n) is 3.29. The number of carbonyl (C=O) groups excluding carboxylic acids is 1. The molecule has 0 bridgehead atoms. The lowest BCUT2D eigenvalue weighted by Crippen LogP contribution is -2.23. The van der Waals surface area contributed by atoms with Crippen molar-refractivity contribution in [3.05, 3.63) is 64.7 Å². The van der Waals surface area contributed by atoms with E-state index in [-0.39, 0.29) is 5.91 Å². The standard InChI is InChI=1S/C17H19NO2/c1-12-4-5-15(13(2)10-12)11-18-17(19)14-6-8-16(20-3)9-7-14/h4-10H,11H2,1-3H3,(H,18,19). The van der Waals surface area contributed by atoms with Crippen molar-refractivity contribution in [1.29, 1.82) is 0 Å².